The third-order valence-corrected chi connectivity index (χ3v) is 3.49. The largest absolute Gasteiger partial charge is 0.137 e. The normalized spacial score (nSPS) is 34.8. The smallest absolute Gasteiger partial charge is 0.0571 e. The Bertz CT molecular complexity index is 138. The van der Waals surface area contributed by atoms with Gasteiger partial charge in [0.15, 0.2) is 0 Å². The molecule has 1 heteroatoms. The molecule has 0 aromatic heterocycles. The van der Waals surface area contributed by atoms with Crippen molar-refractivity contribution >= 4 is 0 Å². The van der Waals surface area contributed by atoms with Crippen molar-refractivity contribution in [1.29, 1.82) is 0 Å². The molecule has 1 aliphatic carbocycles. The third-order valence-electron chi connectivity index (χ3n) is 3.49. The van der Waals surface area contributed by atoms with E-state index >= 15 is 0 Å². The van der Waals surface area contributed by atoms with Crippen molar-refractivity contribution in [3.63, 3.8) is 0 Å². The van der Waals surface area contributed by atoms with Gasteiger partial charge in [0.05, 0.1) is 5.54 Å². The maximum Gasteiger partial charge on any atom is 0.0571 e. The van der Waals surface area contributed by atoms with Gasteiger partial charge in [0, 0.05) is 0 Å². The number of rotatable bonds is 4. The number of nitrogens with zero attached hydrogens (tertiary/aromatic N) is 1. The zero-order valence-corrected chi connectivity index (χ0v) is 9.18. The Morgan fingerprint density at radius 1 is 1.23 bits per heavy atom. The fourth-order valence-electron chi connectivity index (χ4n) is 2.82. The maximum absolute atomic E-state index is 10.5. The van der Waals surface area contributed by atoms with Crippen LogP contribution in [0.5, 0.6) is 0 Å². The van der Waals surface area contributed by atoms with Gasteiger partial charge in [-0.05, 0) is 31.6 Å². The van der Waals surface area contributed by atoms with E-state index < -0.39 is 0 Å². The van der Waals surface area contributed by atoms with Crippen molar-refractivity contribution < 1.29 is 0 Å². The van der Waals surface area contributed by atoms with Crippen LogP contribution in [-0.2, 0) is 0 Å². The Morgan fingerprint density at radius 3 is 2.62 bits per heavy atom. The van der Waals surface area contributed by atoms with Crippen LogP contribution in [0, 0.1) is 5.92 Å². The van der Waals surface area contributed by atoms with Gasteiger partial charge in [0.2, 0.25) is 0 Å². The van der Waals surface area contributed by atoms with E-state index in [4.69, 9.17) is 0 Å². The van der Waals surface area contributed by atoms with Gasteiger partial charge >= 0.3 is 0 Å². The van der Waals surface area contributed by atoms with Gasteiger partial charge in [0.25, 0.3) is 0 Å². The quantitative estimate of drug-likeness (QED) is 0.632. The summed E-state index contributed by atoms with van der Waals surface area (Å²) in [5.74, 6) is 0.589. The van der Waals surface area contributed by atoms with E-state index in [-0.39, 0.29) is 5.54 Å². The maximum atomic E-state index is 10.5. The fraction of sp³-hybridized carbons (Fsp3) is 1.00. The van der Waals surface area contributed by atoms with E-state index in [1.54, 1.807) is 0 Å². The lowest BCUT2D eigenvalue weighted by Gasteiger charge is -2.39. The van der Waals surface area contributed by atoms with Gasteiger partial charge in [0.1, 0.15) is 0 Å². The summed E-state index contributed by atoms with van der Waals surface area (Å²) in [4.78, 5) is 0. The highest BCUT2D eigenvalue weighted by atomic mass is 14.8. The average Bonchev–Trinajstić information content (AvgIpc) is 2.10. The fourth-order valence-corrected chi connectivity index (χ4v) is 2.82. The minimum absolute atomic E-state index is 0.303. The zero-order valence-electron chi connectivity index (χ0n) is 9.18. The molecule has 13 heavy (non-hydrogen) atoms. The van der Waals surface area contributed by atoms with Crippen LogP contribution >= 0.6 is 0 Å². The minimum atomic E-state index is -0.303. The van der Waals surface area contributed by atoms with Gasteiger partial charge in [-0.2, -0.15) is 0 Å². The van der Waals surface area contributed by atoms with Crippen LogP contribution in [-0.4, -0.2) is 5.54 Å². The van der Waals surface area contributed by atoms with Crippen LogP contribution in [0.3, 0.4) is 0 Å². The van der Waals surface area contributed by atoms with E-state index in [1.807, 2.05) is 0 Å². The predicted molar refractivity (Wildman–Crippen MR) is 56.6 cm³/mol. The Balaban J connectivity index is 2.54. The Hall–Kier alpha value is -0.0400. The van der Waals surface area contributed by atoms with Crippen LogP contribution in [0.15, 0.2) is 0 Å². The Kier molecular flexibility index (Phi) is 4.24. The SMILES string of the molecule is CCCC1CCCCC1([N])CCC. The molecule has 0 heterocycles. The molecular formula is C12H23N. The molecule has 1 saturated carbocycles. The Labute approximate surface area is 83.1 Å². The molecule has 76 valence electrons. The molecule has 1 aliphatic rings. The van der Waals surface area contributed by atoms with Crippen LogP contribution in [0.2, 0.25) is 0 Å². The third kappa shape index (κ3) is 2.70. The molecule has 1 nitrogen and oxygen atoms in total. The first kappa shape index (κ1) is 11.0. The van der Waals surface area contributed by atoms with Crippen LogP contribution < -0.4 is 5.73 Å². The van der Waals surface area contributed by atoms with Crippen molar-refractivity contribution in [3.05, 3.63) is 0 Å². The highest BCUT2D eigenvalue weighted by Gasteiger charge is 2.37. The summed E-state index contributed by atoms with van der Waals surface area (Å²) in [5.41, 5.74) is 10.2. The lowest BCUT2D eigenvalue weighted by Crippen LogP contribution is -2.42. The molecule has 2 unspecified atom stereocenters. The molecular weight excluding hydrogens is 158 g/mol. The molecule has 0 N–H and O–H groups in total. The van der Waals surface area contributed by atoms with Crippen LogP contribution in [0.25, 0.3) is 0 Å². The molecule has 0 amide bonds. The number of hydrogen-bond acceptors (Lipinski definition) is 0. The van der Waals surface area contributed by atoms with Crippen molar-refractivity contribution in [2.75, 3.05) is 0 Å². The average molecular weight is 181 g/mol. The molecule has 0 bridgehead atoms. The first-order valence-electron chi connectivity index (χ1n) is 5.95. The summed E-state index contributed by atoms with van der Waals surface area (Å²) < 4.78 is 0. The number of hydrogen-bond donors (Lipinski definition) is 0. The summed E-state index contributed by atoms with van der Waals surface area (Å²) in [5, 5.41) is 0. The lowest BCUT2D eigenvalue weighted by molar-refractivity contribution is 0.156. The van der Waals surface area contributed by atoms with Crippen LogP contribution in [0.4, 0.5) is 0 Å². The van der Waals surface area contributed by atoms with E-state index in [0.29, 0.717) is 5.92 Å². The first-order chi connectivity index (χ1) is 6.23. The monoisotopic (exact) mass is 181 g/mol. The topological polar surface area (TPSA) is 22.3 Å². The lowest BCUT2D eigenvalue weighted by atomic mass is 9.69. The van der Waals surface area contributed by atoms with Gasteiger partial charge in [-0.25, -0.2) is 0 Å². The molecule has 2 atom stereocenters. The van der Waals surface area contributed by atoms with Crippen molar-refractivity contribution in [3.8, 4) is 0 Å². The molecule has 1 fully saturated rings. The van der Waals surface area contributed by atoms with Gasteiger partial charge in [-0.3, -0.25) is 0 Å². The second-order valence-electron chi connectivity index (χ2n) is 4.58. The van der Waals surface area contributed by atoms with E-state index in [2.05, 4.69) is 13.8 Å². The van der Waals surface area contributed by atoms with E-state index in [9.17, 15) is 5.73 Å². The molecule has 2 radical (unpaired) electrons. The summed E-state index contributed by atoms with van der Waals surface area (Å²) in [6.07, 6.45) is 9.44. The van der Waals surface area contributed by atoms with Crippen molar-refractivity contribution in [1.82, 2.24) is 5.73 Å². The zero-order chi connectivity index (χ0) is 9.73. The minimum Gasteiger partial charge on any atom is -0.137 e. The van der Waals surface area contributed by atoms with Gasteiger partial charge < -0.3 is 0 Å². The predicted octanol–water partition coefficient (Wildman–Crippen LogP) is 3.58. The summed E-state index contributed by atoms with van der Waals surface area (Å²) in [7, 11) is 0. The second-order valence-corrected chi connectivity index (χ2v) is 4.58. The summed E-state index contributed by atoms with van der Waals surface area (Å²) >= 11 is 0. The molecule has 0 saturated heterocycles. The van der Waals surface area contributed by atoms with Crippen molar-refractivity contribution in [2.45, 2.75) is 70.8 Å². The highest BCUT2D eigenvalue weighted by molar-refractivity contribution is 4.92. The van der Waals surface area contributed by atoms with Gasteiger partial charge in [-0.1, -0.05) is 39.5 Å². The van der Waals surface area contributed by atoms with Crippen molar-refractivity contribution in [2.24, 2.45) is 5.92 Å². The second kappa shape index (κ2) is 4.99. The molecule has 0 aliphatic heterocycles. The van der Waals surface area contributed by atoms with E-state index in [1.165, 1.54) is 32.1 Å². The summed E-state index contributed by atoms with van der Waals surface area (Å²) in [6, 6.07) is 0. The molecule has 0 aromatic carbocycles. The van der Waals surface area contributed by atoms with E-state index in [0.717, 1.165) is 19.3 Å². The molecule has 1 rings (SSSR count). The van der Waals surface area contributed by atoms with Gasteiger partial charge in [-0.15, -0.1) is 5.73 Å². The summed E-state index contributed by atoms with van der Waals surface area (Å²) in [6.45, 7) is 4.40. The van der Waals surface area contributed by atoms with Crippen LogP contribution in [0.1, 0.15) is 65.2 Å². The molecule has 0 spiro atoms. The highest BCUT2D eigenvalue weighted by Crippen LogP contribution is 2.38. The molecule has 0 aromatic rings. The first-order valence-corrected chi connectivity index (χ1v) is 5.95. The standard InChI is InChI=1S/C12H23N/c1-3-7-11-8-5-6-10-12(11,13)9-4-2/h11H,3-10H2,1-2H3. The Morgan fingerprint density at radius 2 is 2.00 bits per heavy atom.